The van der Waals surface area contributed by atoms with Gasteiger partial charge in [-0.15, -0.1) is 0 Å². The molecule has 2 unspecified atom stereocenters. The van der Waals surface area contributed by atoms with Crippen molar-refractivity contribution >= 4 is 16.0 Å². The first-order valence-electron chi connectivity index (χ1n) is 6.59. The Labute approximate surface area is 117 Å². The minimum atomic E-state index is -4.01. The number of nitrogens with two attached hydrogens (primary N) is 1. The van der Waals surface area contributed by atoms with E-state index in [0.29, 0.717) is 0 Å². The van der Waals surface area contributed by atoms with Crippen molar-refractivity contribution in [3.63, 3.8) is 0 Å². The molecule has 0 aromatic carbocycles. The maximum absolute atomic E-state index is 12.1. The summed E-state index contributed by atoms with van der Waals surface area (Å²) in [5.74, 6) is -0.470. The second kappa shape index (κ2) is 5.53. The number of aryl methyl sites for hydroxylation is 1. The van der Waals surface area contributed by atoms with Gasteiger partial charge in [0.25, 0.3) is 0 Å². The number of H-pyrrole nitrogens is 1. The standard InChI is InChI=1S/C12H19N3O4S/c1-7-5-3-4-6-9(7)19-12(16)10-11(20(13,17)18)8(2)14-15-10/h7,9H,3-6H2,1-2H3,(H,14,15)(H2,13,17,18). The fourth-order valence-corrected chi connectivity index (χ4v) is 3.43. The fourth-order valence-electron chi connectivity index (χ4n) is 2.56. The Morgan fingerprint density at radius 2 is 2.05 bits per heavy atom. The largest absolute Gasteiger partial charge is 0.457 e. The molecule has 0 aliphatic heterocycles. The van der Waals surface area contributed by atoms with E-state index in [4.69, 9.17) is 9.88 Å². The lowest BCUT2D eigenvalue weighted by atomic mass is 9.88. The number of nitrogens with one attached hydrogen (secondary N) is 1. The molecule has 112 valence electrons. The molecule has 3 N–H and O–H groups in total. The van der Waals surface area contributed by atoms with Gasteiger partial charge in [-0.05, 0) is 32.1 Å². The maximum atomic E-state index is 12.1. The zero-order chi connectivity index (χ0) is 14.9. The SMILES string of the molecule is Cc1[nH]nc(C(=O)OC2CCCCC2C)c1S(N)(=O)=O. The highest BCUT2D eigenvalue weighted by atomic mass is 32.2. The summed E-state index contributed by atoms with van der Waals surface area (Å²) >= 11 is 0. The lowest BCUT2D eigenvalue weighted by Crippen LogP contribution is -2.29. The first kappa shape index (κ1) is 15.0. The summed E-state index contributed by atoms with van der Waals surface area (Å²) < 4.78 is 28.4. The number of esters is 1. The summed E-state index contributed by atoms with van der Waals surface area (Å²) in [6.07, 6.45) is 3.73. The molecular weight excluding hydrogens is 282 g/mol. The lowest BCUT2D eigenvalue weighted by molar-refractivity contribution is 0.00379. The number of carbonyl (C=O) groups is 1. The predicted octanol–water partition coefficient (Wildman–Crippen LogP) is 1.10. The normalized spacial score (nSPS) is 23.6. The molecular formula is C12H19N3O4S. The van der Waals surface area contributed by atoms with Gasteiger partial charge in [-0.1, -0.05) is 13.3 Å². The second-order valence-electron chi connectivity index (χ2n) is 5.28. The van der Waals surface area contributed by atoms with Crippen molar-refractivity contribution in [2.45, 2.75) is 50.5 Å². The first-order chi connectivity index (χ1) is 9.30. The molecule has 1 saturated carbocycles. The summed E-state index contributed by atoms with van der Waals surface area (Å²) in [5.41, 5.74) is -0.0288. The Balaban J connectivity index is 2.22. The van der Waals surface area contributed by atoms with Crippen LogP contribution in [-0.4, -0.2) is 30.7 Å². The molecule has 1 aliphatic carbocycles. The van der Waals surface area contributed by atoms with Crippen molar-refractivity contribution in [2.75, 3.05) is 0 Å². The molecule has 0 amide bonds. The van der Waals surface area contributed by atoms with E-state index in [-0.39, 0.29) is 28.3 Å². The maximum Gasteiger partial charge on any atom is 0.360 e. The van der Waals surface area contributed by atoms with Gasteiger partial charge < -0.3 is 4.74 Å². The molecule has 1 aromatic rings. The van der Waals surface area contributed by atoms with Crippen LogP contribution in [0.3, 0.4) is 0 Å². The molecule has 8 heteroatoms. The molecule has 20 heavy (non-hydrogen) atoms. The topological polar surface area (TPSA) is 115 Å². The molecule has 2 atom stereocenters. The summed E-state index contributed by atoms with van der Waals surface area (Å²) in [6.45, 7) is 3.51. The van der Waals surface area contributed by atoms with E-state index in [9.17, 15) is 13.2 Å². The smallest absolute Gasteiger partial charge is 0.360 e. The molecule has 0 radical (unpaired) electrons. The van der Waals surface area contributed by atoms with Gasteiger partial charge in [-0.3, -0.25) is 5.10 Å². The van der Waals surface area contributed by atoms with E-state index >= 15 is 0 Å². The van der Waals surface area contributed by atoms with Gasteiger partial charge in [0, 0.05) is 0 Å². The second-order valence-corrected chi connectivity index (χ2v) is 6.78. The van der Waals surface area contributed by atoms with Crippen LogP contribution >= 0.6 is 0 Å². The van der Waals surface area contributed by atoms with Gasteiger partial charge >= 0.3 is 5.97 Å². The average Bonchev–Trinajstić information content (AvgIpc) is 2.74. The average molecular weight is 301 g/mol. The molecule has 7 nitrogen and oxygen atoms in total. The summed E-state index contributed by atoms with van der Waals surface area (Å²) in [5, 5.41) is 11.3. The van der Waals surface area contributed by atoms with Crippen molar-refractivity contribution in [3.8, 4) is 0 Å². The quantitative estimate of drug-likeness (QED) is 0.811. The van der Waals surface area contributed by atoms with E-state index in [1.807, 2.05) is 6.92 Å². The molecule has 1 aliphatic rings. The number of carbonyl (C=O) groups excluding carboxylic acids is 1. The molecule has 2 rings (SSSR count). The van der Waals surface area contributed by atoms with E-state index < -0.39 is 16.0 Å². The van der Waals surface area contributed by atoms with Crippen molar-refractivity contribution < 1.29 is 17.9 Å². The van der Waals surface area contributed by atoms with Crippen LogP contribution in [0.2, 0.25) is 0 Å². The lowest BCUT2D eigenvalue weighted by Gasteiger charge is -2.28. The van der Waals surface area contributed by atoms with E-state index in [2.05, 4.69) is 10.2 Å². The van der Waals surface area contributed by atoms with Crippen LogP contribution in [0.15, 0.2) is 4.90 Å². The molecule has 1 aromatic heterocycles. The van der Waals surface area contributed by atoms with Crippen LogP contribution in [0.25, 0.3) is 0 Å². The number of hydrogen-bond donors (Lipinski definition) is 2. The van der Waals surface area contributed by atoms with Crippen LogP contribution < -0.4 is 5.14 Å². The van der Waals surface area contributed by atoms with Crippen LogP contribution in [0.4, 0.5) is 0 Å². The summed E-state index contributed by atoms with van der Waals surface area (Å²) in [4.78, 5) is 11.8. The van der Waals surface area contributed by atoms with Gasteiger partial charge in [-0.2, -0.15) is 5.10 Å². The number of aromatic amines is 1. The van der Waals surface area contributed by atoms with Gasteiger partial charge in [0.2, 0.25) is 10.0 Å². The van der Waals surface area contributed by atoms with E-state index in [1.54, 1.807) is 0 Å². The number of hydrogen-bond acceptors (Lipinski definition) is 5. The predicted molar refractivity (Wildman–Crippen MR) is 71.5 cm³/mol. The molecule has 0 spiro atoms. The third-order valence-electron chi connectivity index (χ3n) is 3.66. The highest BCUT2D eigenvalue weighted by Gasteiger charge is 2.31. The van der Waals surface area contributed by atoms with Gasteiger partial charge in [-0.25, -0.2) is 18.4 Å². The van der Waals surface area contributed by atoms with Crippen molar-refractivity contribution in [1.82, 2.24) is 10.2 Å². The number of ether oxygens (including phenoxy) is 1. The third-order valence-corrected chi connectivity index (χ3v) is 4.73. The zero-order valence-corrected chi connectivity index (χ0v) is 12.4. The number of aromatic nitrogens is 2. The highest BCUT2D eigenvalue weighted by molar-refractivity contribution is 7.89. The minimum Gasteiger partial charge on any atom is -0.457 e. The third kappa shape index (κ3) is 3.01. The Kier molecular flexibility index (Phi) is 4.14. The summed E-state index contributed by atoms with van der Waals surface area (Å²) in [7, 11) is -4.01. The molecule has 1 fully saturated rings. The van der Waals surface area contributed by atoms with Gasteiger partial charge in [0.05, 0.1) is 5.69 Å². The van der Waals surface area contributed by atoms with E-state index in [1.165, 1.54) is 6.92 Å². The first-order valence-corrected chi connectivity index (χ1v) is 8.14. The van der Waals surface area contributed by atoms with Gasteiger partial charge in [0.15, 0.2) is 5.69 Å². The van der Waals surface area contributed by atoms with Gasteiger partial charge in [0.1, 0.15) is 11.0 Å². The Hall–Kier alpha value is -1.41. The van der Waals surface area contributed by atoms with Crippen molar-refractivity contribution in [3.05, 3.63) is 11.4 Å². The Morgan fingerprint density at radius 1 is 1.40 bits per heavy atom. The number of sulfonamides is 1. The molecule has 1 heterocycles. The van der Waals surface area contributed by atoms with Crippen molar-refractivity contribution in [2.24, 2.45) is 11.1 Å². The Morgan fingerprint density at radius 3 is 2.65 bits per heavy atom. The monoisotopic (exact) mass is 301 g/mol. The minimum absolute atomic E-state index is 0.193. The fraction of sp³-hybridized carbons (Fsp3) is 0.667. The summed E-state index contributed by atoms with van der Waals surface area (Å²) in [6, 6.07) is 0. The van der Waals surface area contributed by atoms with Crippen LogP contribution in [-0.2, 0) is 14.8 Å². The van der Waals surface area contributed by atoms with Crippen LogP contribution in [0, 0.1) is 12.8 Å². The highest BCUT2D eigenvalue weighted by Crippen LogP contribution is 2.27. The number of rotatable bonds is 3. The zero-order valence-electron chi connectivity index (χ0n) is 11.5. The molecule has 0 saturated heterocycles. The van der Waals surface area contributed by atoms with Crippen molar-refractivity contribution in [1.29, 1.82) is 0 Å². The number of nitrogens with zero attached hydrogens (tertiary/aromatic N) is 1. The number of primary sulfonamides is 1. The van der Waals surface area contributed by atoms with Crippen LogP contribution in [0.5, 0.6) is 0 Å². The van der Waals surface area contributed by atoms with Crippen LogP contribution in [0.1, 0.15) is 48.8 Å². The van der Waals surface area contributed by atoms with E-state index in [0.717, 1.165) is 25.7 Å². The Bertz CT molecular complexity index is 608. The molecule has 0 bridgehead atoms.